The van der Waals surface area contributed by atoms with Gasteiger partial charge in [0, 0.05) is 49.4 Å². The number of nitrogens with two attached hydrogens (primary N) is 1. The molecule has 2 aromatic heterocycles. The molecule has 0 radical (unpaired) electrons. The van der Waals surface area contributed by atoms with Gasteiger partial charge in [0.05, 0.1) is 31.7 Å². The molecule has 0 bridgehead atoms. The fourth-order valence-electron chi connectivity index (χ4n) is 7.81. The number of halogens is 2. The number of alkyl halides is 2. The molecule has 11 atom stereocenters. The number of aromatic nitrogens is 4. The summed E-state index contributed by atoms with van der Waals surface area (Å²) in [6, 6.07) is 8.17. The minimum atomic E-state index is -5.62. The lowest BCUT2D eigenvalue weighted by atomic mass is 9.87. The fourth-order valence-corrected chi connectivity index (χ4v) is 11.4. The van der Waals surface area contributed by atoms with Crippen molar-refractivity contribution in [2.45, 2.75) is 101 Å². The highest BCUT2D eigenvalue weighted by molar-refractivity contribution is 8.13. The van der Waals surface area contributed by atoms with Crippen LogP contribution in [0.2, 0.25) is 0 Å². The topological polar surface area (TPSA) is 413 Å². The van der Waals surface area contributed by atoms with Gasteiger partial charge >= 0.3 is 23.5 Å². The monoisotopic (exact) mass is 1160 g/mol. The Morgan fingerprint density at radius 1 is 0.961 bits per heavy atom. The molecule has 5 rings (SSSR count). The molecule has 33 heteroatoms. The normalized spacial score (nSPS) is 24.4. The number of benzene rings is 1. The number of rotatable bonds is 30. The van der Waals surface area contributed by atoms with Gasteiger partial charge in [0.15, 0.2) is 29.4 Å². The smallest absolute Gasteiger partial charge is 0.481 e. The summed E-state index contributed by atoms with van der Waals surface area (Å²) in [5.74, 6) is -5.52. The van der Waals surface area contributed by atoms with Crippen molar-refractivity contribution in [2.24, 2.45) is 17.3 Å². The van der Waals surface area contributed by atoms with Crippen LogP contribution in [0.5, 0.6) is 5.75 Å². The van der Waals surface area contributed by atoms with Gasteiger partial charge in [-0.15, -0.1) is 0 Å². The van der Waals surface area contributed by atoms with E-state index in [2.05, 4.69) is 34.4 Å². The second kappa shape index (κ2) is 27.6. The van der Waals surface area contributed by atoms with Gasteiger partial charge in [-0.2, -0.15) is 13.1 Å². The number of thioether (sulfide) groups is 1. The van der Waals surface area contributed by atoms with E-state index in [1.165, 1.54) is 19.9 Å². The van der Waals surface area contributed by atoms with Gasteiger partial charge in [-0.05, 0) is 43.4 Å². The van der Waals surface area contributed by atoms with Gasteiger partial charge in [0.1, 0.15) is 42.0 Å². The van der Waals surface area contributed by atoms with Crippen molar-refractivity contribution in [2.75, 3.05) is 44.4 Å². The Morgan fingerprint density at radius 2 is 1.67 bits per heavy atom. The quantitative estimate of drug-likeness (QED) is 0.0259. The second-order valence-electron chi connectivity index (χ2n) is 18.2. The molecule has 1 aliphatic heterocycles. The molecular weight excluding hydrogens is 1100 g/mol. The molecule has 0 spiro atoms. The Balaban J connectivity index is 0.944. The van der Waals surface area contributed by atoms with Crippen LogP contribution in [-0.2, 0) is 50.7 Å². The van der Waals surface area contributed by atoms with E-state index in [9.17, 15) is 76.9 Å². The summed E-state index contributed by atoms with van der Waals surface area (Å²) >= 11 is 1.00. The number of amides is 2. The van der Waals surface area contributed by atoms with Crippen molar-refractivity contribution in [1.29, 1.82) is 0 Å². The minimum absolute atomic E-state index is 0.0131. The summed E-state index contributed by atoms with van der Waals surface area (Å²) in [5.41, 5.74) is 4.19. The number of fused-ring (bicyclic) bond motifs is 1. The minimum Gasteiger partial charge on any atom is -0.487 e. The SMILES string of the molecule is CC(C)(COP(=O)(O)OP(=O)(O)OCC1OC(n2cnc3c(N)ncnc32)C(O)C1OP(=O)(O)O)C(O)C(=O)NCCC(=O)NCCSC(=O)CCC/C=C/CC1C(O)CC(O)C1/C=C/C(F)(F)COc1ccccc1. The Kier molecular flexibility index (Phi) is 22.8. The van der Waals surface area contributed by atoms with E-state index < -0.39 is 121 Å². The molecule has 76 heavy (non-hydrogen) atoms. The summed E-state index contributed by atoms with van der Waals surface area (Å²) < 4.78 is 96.7. The van der Waals surface area contributed by atoms with Gasteiger partial charge in [-0.1, -0.05) is 62.0 Å². The highest BCUT2D eigenvalue weighted by Crippen LogP contribution is 2.61. The maximum Gasteiger partial charge on any atom is 0.481 e. The summed E-state index contributed by atoms with van der Waals surface area (Å²) in [6.45, 7) is -0.661. The Hall–Kier alpha value is -4.16. The maximum atomic E-state index is 14.5. The third kappa shape index (κ3) is 19.3. The van der Waals surface area contributed by atoms with Crippen LogP contribution in [0.1, 0.15) is 58.6 Å². The van der Waals surface area contributed by atoms with Gasteiger partial charge < -0.3 is 65.8 Å². The molecule has 3 aromatic rings. The van der Waals surface area contributed by atoms with Crippen LogP contribution in [-0.4, -0.2) is 158 Å². The molecule has 2 amide bonds. The molecule has 2 aliphatic rings. The lowest BCUT2D eigenvalue weighted by Gasteiger charge is -2.30. The lowest BCUT2D eigenvalue weighted by molar-refractivity contribution is -0.137. The van der Waals surface area contributed by atoms with Crippen LogP contribution < -0.4 is 21.1 Å². The molecule has 1 saturated carbocycles. The summed E-state index contributed by atoms with van der Waals surface area (Å²) in [7, 11) is -16.5. The van der Waals surface area contributed by atoms with Crippen molar-refractivity contribution in [1.82, 2.24) is 30.2 Å². The van der Waals surface area contributed by atoms with E-state index in [-0.39, 0.29) is 60.2 Å². The molecule has 12 N–H and O–H groups in total. The first kappa shape index (κ1) is 62.7. The number of hydrogen-bond acceptors (Lipinski definition) is 21. The first-order chi connectivity index (χ1) is 35.6. The molecular formula is C43H62F2N7O20P3S. The zero-order valence-corrected chi connectivity index (χ0v) is 44.4. The second-order valence-corrected chi connectivity index (χ2v) is 23.6. The number of para-hydroxylation sites is 1. The number of carbonyl (C=O) groups excluding carboxylic acids is 3. The maximum absolute atomic E-state index is 14.5. The van der Waals surface area contributed by atoms with Crippen molar-refractivity contribution >= 4 is 69.1 Å². The van der Waals surface area contributed by atoms with E-state index in [0.717, 1.165) is 29.0 Å². The number of phosphoric acid groups is 3. The van der Waals surface area contributed by atoms with E-state index >= 15 is 0 Å². The molecule has 11 unspecified atom stereocenters. The molecule has 1 saturated heterocycles. The van der Waals surface area contributed by atoms with Crippen molar-refractivity contribution in [3.05, 3.63) is 67.3 Å². The molecule has 1 aromatic carbocycles. The van der Waals surface area contributed by atoms with E-state index in [1.54, 1.807) is 36.4 Å². The number of phosphoric ester groups is 3. The van der Waals surface area contributed by atoms with Crippen LogP contribution in [0.15, 0.2) is 67.3 Å². The van der Waals surface area contributed by atoms with E-state index in [1.807, 2.05) is 6.08 Å². The molecule has 27 nitrogen and oxygen atoms in total. The van der Waals surface area contributed by atoms with Crippen LogP contribution in [0.4, 0.5) is 14.6 Å². The predicted octanol–water partition coefficient (Wildman–Crippen LogP) is 2.41. The van der Waals surface area contributed by atoms with Crippen molar-refractivity contribution in [3.8, 4) is 5.75 Å². The summed E-state index contributed by atoms with van der Waals surface area (Å²) in [5, 5.41) is 47.3. The number of carbonyl (C=O) groups is 3. The summed E-state index contributed by atoms with van der Waals surface area (Å²) in [6.07, 6.45) is -1.89. The first-order valence-corrected chi connectivity index (χ1v) is 28.9. The molecule has 3 heterocycles. The summed E-state index contributed by atoms with van der Waals surface area (Å²) in [4.78, 5) is 88.7. The highest BCUT2D eigenvalue weighted by atomic mass is 32.2. The van der Waals surface area contributed by atoms with Gasteiger partial charge in [0.2, 0.25) is 11.8 Å². The van der Waals surface area contributed by atoms with E-state index in [0.29, 0.717) is 31.1 Å². The predicted molar refractivity (Wildman–Crippen MR) is 264 cm³/mol. The number of aliphatic hydroxyl groups is 4. The van der Waals surface area contributed by atoms with E-state index in [4.69, 9.17) is 24.3 Å². The number of nitrogen functional groups attached to an aromatic ring is 1. The number of unbranched alkanes of at least 4 members (excludes halogenated alkanes) is 1. The Morgan fingerprint density at radius 3 is 2.38 bits per heavy atom. The number of hydrogen-bond donors (Lipinski definition) is 11. The average Bonchev–Trinajstić information content (AvgIpc) is 3.99. The number of anilines is 1. The fraction of sp³-hybridized carbons (Fsp3) is 0.581. The van der Waals surface area contributed by atoms with Crippen LogP contribution in [0, 0.1) is 17.3 Å². The van der Waals surface area contributed by atoms with Gasteiger partial charge in [-0.3, -0.25) is 32.5 Å². The number of aliphatic hydroxyl groups excluding tert-OH is 4. The highest BCUT2D eigenvalue weighted by Gasteiger charge is 2.50. The van der Waals surface area contributed by atoms with Gasteiger partial charge in [0.25, 0.3) is 5.92 Å². The number of ether oxygens (including phenoxy) is 2. The average molecular weight is 1160 g/mol. The standard InChI is InChI=1S/C43H62F2N7O20P3S/c1-42(2,22-69-75(65,66)72-74(63,64)68-21-31-36(71-73(60,61)62)35(57)41(70-31)52-25-51-34-38(46)49-24-50-39(34)52)37(58)40(59)48-17-15-32(55)47-18-19-76-33(56)13-9-4-3-8-12-27-28(30(54)20-29(27)53)14-16-43(44,45)23-67-26-10-6-5-7-11-26/h3,5-8,10-11,14,16,24-25,27-31,35-37,41,53-54,57-58H,4,9,12-13,15,17-23H2,1-2H3,(H,47,55)(H,48,59)(H,63,64)(H,65,66)(H2,46,49,50)(H2,60,61,62)/b8-3+,16-14+. The third-order valence-corrected chi connectivity index (χ3v) is 15.8. The third-order valence-electron chi connectivity index (χ3n) is 11.7. The van der Waals surface area contributed by atoms with Crippen molar-refractivity contribution in [3.63, 3.8) is 0 Å². The number of nitrogens with zero attached hydrogens (tertiary/aromatic N) is 4. The lowest BCUT2D eigenvalue weighted by Crippen LogP contribution is -2.46. The number of allylic oxidation sites excluding steroid dienone is 2. The van der Waals surface area contributed by atoms with Crippen LogP contribution >= 0.6 is 35.2 Å². The van der Waals surface area contributed by atoms with Crippen molar-refractivity contribution < 1.29 is 104 Å². The number of imidazole rings is 1. The van der Waals surface area contributed by atoms with Crippen LogP contribution in [0.25, 0.3) is 11.2 Å². The van der Waals surface area contributed by atoms with Crippen LogP contribution in [0.3, 0.4) is 0 Å². The number of nitrogens with one attached hydrogen (secondary N) is 2. The zero-order valence-electron chi connectivity index (χ0n) is 40.9. The largest absolute Gasteiger partial charge is 0.487 e. The Bertz CT molecular complexity index is 2640. The Labute approximate surface area is 438 Å². The zero-order chi connectivity index (χ0) is 56.1. The molecule has 1 aliphatic carbocycles. The molecule has 424 valence electrons. The molecule has 2 fully saturated rings. The van der Waals surface area contributed by atoms with Gasteiger partial charge in [-0.25, -0.2) is 28.6 Å². The first-order valence-electron chi connectivity index (χ1n) is 23.4.